The van der Waals surface area contributed by atoms with Gasteiger partial charge in [0.2, 0.25) is 5.69 Å². The molecule has 0 saturated carbocycles. The quantitative estimate of drug-likeness (QED) is 0.397. The molecule has 28 heavy (non-hydrogen) atoms. The van der Waals surface area contributed by atoms with E-state index in [-0.39, 0.29) is 0 Å². The lowest BCUT2D eigenvalue weighted by molar-refractivity contribution is -0.665. The summed E-state index contributed by atoms with van der Waals surface area (Å²) in [7, 11) is 2.04. The molecule has 2 nitrogen and oxygen atoms in total. The monoisotopic (exact) mass is 368 g/mol. The van der Waals surface area contributed by atoms with Crippen molar-refractivity contribution in [2.75, 3.05) is 0 Å². The van der Waals surface area contributed by atoms with E-state index in [1.807, 2.05) is 20.0 Å². The predicted octanol–water partition coefficient (Wildman–Crippen LogP) is 6.13. The van der Waals surface area contributed by atoms with E-state index in [0.717, 1.165) is 28.0 Å². The summed E-state index contributed by atoms with van der Waals surface area (Å²) < 4.78 is 10.8. The fraction of sp³-hybridized carbons (Fsp3) is 0.231. The van der Waals surface area contributed by atoms with Crippen LogP contribution < -0.4 is 4.57 Å². The number of benzene rings is 2. The first-order chi connectivity index (χ1) is 13.9. The number of rotatable bonds is 3. The van der Waals surface area contributed by atoms with E-state index < -0.39 is 0 Å². The number of hydrogen-bond acceptors (Lipinski definition) is 1. The molecule has 0 fully saturated rings. The van der Waals surface area contributed by atoms with Gasteiger partial charge in [-0.1, -0.05) is 56.3 Å². The van der Waals surface area contributed by atoms with E-state index in [2.05, 4.69) is 79.9 Å². The molecule has 0 N–H and O–H groups in total. The maximum absolute atomic E-state index is 8.64. The van der Waals surface area contributed by atoms with Crippen LogP contribution in [0.1, 0.15) is 38.1 Å². The molecule has 140 valence electrons. The lowest BCUT2D eigenvalue weighted by atomic mass is 9.95. The topological polar surface area (TPSA) is 16.8 Å². The van der Waals surface area contributed by atoms with Gasteiger partial charge in [0.05, 0.1) is 12.3 Å². The zero-order valence-corrected chi connectivity index (χ0v) is 17.2. The molecule has 0 radical (unpaired) electrons. The second-order valence-electron chi connectivity index (χ2n) is 7.80. The van der Waals surface area contributed by atoms with E-state index in [4.69, 9.17) is 6.35 Å². The minimum Gasteiger partial charge on any atom is -0.252 e. The second-order valence-corrected chi connectivity index (χ2v) is 7.80. The Morgan fingerprint density at radius 2 is 1.68 bits per heavy atom. The van der Waals surface area contributed by atoms with E-state index in [0.29, 0.717) is 12.0 Å². The van der Waals surface area contributed by atoms with Crippen molar-refractivity contribution in [3.63, 3.8) is 0 Å². The Bertz CT molecular complexity index is 1210. The van der Waals surface area contributed by atoms with Crippen LogP contribution in [0.5, 0.6) is 0 Å². The molecule has 0 bridgehead atoms. The summed E-state index contributed by atoms with van der Waals surface area (Å²) in [6, 6.07) is 21.8. The summed E-state index contributed by atoms with van der Waals surface area (Å²) in [5.41, 5.74) is 8.69. The number of aromatic nitrogens is 2. The van der Waals surface area contributed by atoms with Crippen LogP contribution in [0.3, 0.4) is 0 Å². The summed E-state index contributed by atoms with van der Waals surface area (Å²) in [6.07, 6.45) is 0. The number of aryl methyl sites for hydroxylation is 1. The van der Waals surface area contributed by atoms with Gasteiger partial charge in [0.25, 0.3) is 0 Å². The maximum atomic E-state index is 8.64. The van der Waals surface area contributed by atoms with Crippen molar-refractivity contribution in [3.05, 3.63) is 83.7 Å². The van der Waals surface area contributed by atoms with Crippen LogP contribution in [0.15, 0.2) is 66.7 Å². The SMILES string of the molecule is [2H]c1c(C)[n+](C)c(-c2ccc(-c3ccccc3)cc2C)c2ccc(C(C)C)nc12. The molecule has 0 unspecified atom stereocenters. The Kier molecular flexibility index (Phi) is 4.40. The van der Waals surface area contributed by atoms with Crippen LogP contribution >= 0.6 is 0 Å². The first kappa shape index (κ1) is 17.1. The van der Waals surface area contributed by atoms with Gasteiger partial charge in [0.1, 0.15) is 7.05 Å². The highest BCUT2D eigenvalue weighted by atomic mass is 14.9. The molecule has 2 heterocycles. The minimum absolute atomic E-state index is 0.336. The van der Waals surface area contributed by atoms with E-state index in [9.17, 15) is 0 Å². The largest absolute Gasteiger partial charge is 0.252 e. The van der Waals surface area contributed by atoms with E-state index in [1.165, 1.54) is 22.3 Å². The van der Waals surface area contributed by atoms with Crippen molar-refractivity contribution in [1.29, 1.82) is 0 Å². The van der Waals surface area contributed by atoms with Gasteiger partial charge in [-0.25, -0.2) is 0 Å². The summed E-state index contributed by atoms with van der Waals surface area (Å²) in [5, 5.41) is 1.03. The minimum atomic E-state index is 0.336. The number of fused-ring (bicyclic) bond motifs is 1. The van der Waals surface area contributed by atoms with Crippen molar-refractivity contribution in [2.24, 2.45) is 7.05 Å². The molecule has 0 aliphatic carbocycles. The zero-order valence-electron chi connectivity index (χ0n) is 18.2. The first-order valence-electron chi connectivity index (χ1n) is 10.3. The Balaban J connectivity index is 1.96. The Labute approximate surface area is 168 Å². The molecular formula is C26H27N2+. The zero-order chi connectivity index (χ0) is 20.7. The van der Waals surface area contributed by atoms with Crippen molar-refractivity contribution >= 4 is 10.9 Å². The first-order valence-corrected chi connectivity index (χ1v) is 9.84. The molecule has 0 spiro atoms. The van der Waals surface area contributed by atoms with E-state index >= 15 is 0 Å². The van der Waals surface area contributed by atoms with Crippen LogP contribution in [0, 0.1) is 13.8 Å². The molecule has 0 aliphatic rings. The van der Waals surface area contributed by atoms with Crippen molar-refractivity contribution in [3.8, 4) is 22.4 Å². The van der Waals surface area contributed by atoms with Gasteiger partial charge >= 0.3 is 0 Å². The van der Waals surface area contributed by atoms with Crippen LogP contribution in [0.2, 0.25) is 0 Å². The third kappa shape index (κ3) is 3.20. The molecule has 4 rings (SSSR count). The number of pyridine rings is 2. The standard InChI is InChI=1S/C26H27N2/c1-17(2)24-14-13-23-25(27-24)16-19(4)28(5)26(23)22-12-11-21(15-18(22)3)20-9-7-6-8-10-20/h6-17H,1-5H3/q+1/i16D. The van der Waals surface area contributed by atoms with Gasteiger partial charge in [-0.2, -0.15) is 4.57 Å². The van der Waals surface area contributed by atoms with Crippen molar-refractivity contribution in [2.45, 2.75) is 33.6 Å². The number of nitrogens with zero attached hydrogens (tertiary/aromatic N) is 2. The van der Waals surface area contributed by atoms with E-state index in [1.54, 1.807) is 0 Å². The lowest BCUT2D eigenvalue weighted by Crippen LogP contribution is -2.35. The highest BCUT2D eigenvalue weighted by Crippen LogP contribution is 2.31. The van der Waals surface area contributed by atoms with Crippen LogP contribution in [0.4, 0.5) is 0 Å². The lowest BCUT2D eigenvalue weighted by Gasteiger charge is -2.12. The number of hydrogen-bond donors (Lipinski definition) is 0. The fourth-order valence-corrected chi connectivity index (χ4v) is 3.75. The summed E-state index contributed by atoms with van der Waals surface area (Å²) in [4.78, 5) is 4.86. The average Bonchev–Trinajstić information content (AvgIpc) is 2.73. The third-order valence-electron chi connectivity index (χ3n) is 5.49. The van der Waals surface area contributed by atoms with Gasteiger partial charge in [-0.3, -0.25) is 4.98 Å². The highest BCUT2D eigenvalue weighted by Gasteiger charge is 2.21. The van der Waals surface area contributed by atoms with Crippen molar-refractivity contribution in [1.82, 2.24) is 4.98 Å². The van der Waals surface area contributed by atoms with Gasteiger partial charge in [-0.15, -0.1) is 0 Å². The average molecular weight is 369 g/mol. The summed E-state index contributed by atoms with van der Waals surface area (Å²) in [5.74, 6) is 0.336. The van der Waals surface area contributed by atoms with Crippen LogP contribution in [0.25, 0.3) is 33.3 Å². The fourth-order valence-electron chi connectivity index (χ4n) is 3.75. The predicted molar refractivity (Wildman–Crippen MR) is 117 cm³/mol. The normalized spacial score (nSPS) is 11.9. The van der Waals surface area contributed by atoms with Crippen molar-refractivity contribution < 1.29 is 5.94 Å². The van der Waals surface area contributed by atoms with Gasteiger partial charge < -0.3 is 0 Å². The Hall–Kier alpha value is -3.00. The van der Waals surface area contributed by atoms with Gasteiger partial charge in [0.15, 0.2) is 5.69 Å². The third-order valence-corrected chi connectivity index (χ3v) is 5.49. The molecular weight excluding hydrogens is 340 g/mol. The molecule has 0 atom stereocenters. The Morgan fingerprint density at radius 1 is 0.929 bits per heavy atom. The molecule has 4 aromatic rings. The molecule has 0 aliphatic heterocycles. The van der Waals surface area contributed by atoms with Crippen LogP contribution in [-0.4, -0.2) is 4.98 Å². The maximum Gasteiger partial charge on any atom is 0.222 e. The molecule has 2 aromatic carbocycles. The molecule has 2 aromatic heterocycles. The van der Waals surface area contributed by atoms with Gasteiger partial charge in [-0.05, 0) is 47.7 Å². The van der Waals surface area contributed by atoms with Crippen LogP contribution in [-0.2, 0) is 7.05 Å². The highest BCUT2D eigenvalue weighted by molar-refractivity contribution is 5.92. The molecule has 0 amide bonds. The van der Waals surface area contributed by atoms with Gasteiger partial charge in [0, 0.05) is 24.2 Å². The Morgan fingerprint density at radius 3 is 2.36 bits per heavy atom. The smallest absolute Gasteiger partial charge is 0.222 e. The second kappa shape index (κ2) is 7.20. The molecule has 0 saturated heterocycles. The molecule has 2 heteroatoms. The summed E-state index contributed by atoms with van der Waals surface area (Å²) in [6.45, 7) is 8.44. The summed E-state index contributed by atoms with van der Waals surface area (Å²) >= 11 is 0.